The van der Waals surface area contributed by atoms with Crippen molar-refractivity contribution in [1.82, 2.24) is 19.7 Å². The molecule has 1 aliphatic heterocycles. The van der Waals surface area contributed by atoms with Crippen LogP contribution in [0.15, 0.2) is 61.2 Å². The summed E-state index contributed by atoms with van der Waals surface area (Å²) in [6.45, 7) is 3.76. The van der Waals surface area contributed by atoms with Gasteiger partial charge in [-0.3, -0.25) is 4.79 Å². The second-order valence-electron chi connectivity index (χ2n) is 6.81. The molecule has 5 heteroatoms. The number of benzene rings is 2. The summed E-state index contributed by atoms with van der Waals surface area (Å²) in [5.74, 6) is 0.636. The summed E-state index contributed by atoms with van der Waals surface area (Å²) in [6, 6.07) is 16.2. The second kappa shape index (κ2) is 7.12. The predicted octanol–water partition coefficient (Wildman–Crippen LogP) is 3.60. The number of carbonyl (C=O) groups excluding carboxylic acids is 1. The monoisotopic (exact) mass is 346 g/mol. The van der Waals surface area contributed by atoms with Crippen molar-refractivity contribution in [2.24, 2.45) is 0 Å². The van der Waals surface area contributed by atoms with Gasteiger partial charge in [0.05, 0.1) is 5.69 Å². The van der Waals surface area contributed by atoms with Crippen molar-refractivity contribution in [3.8, 4) is 5.69 Å². The minimum absolute atomic E-state index is 0.0928. The molecule has 1 aliphatic rings. The Hall–Kier alpha value is -2.95. The van der Waals surface area contributed by atoms with Gasteiger partial charge in [0.1, 0.15) is 12.7 Å². The van der Waals surface area contributed by atoms with Crippen LogP contribution in [0, 0.1) is 6.92 Å². The van der Waals surface area contributed by atoms with E-state index in [0.717, 1.165) is 31.6 Å². The molecule has 0 bridgehead atoms. The molecule has 132 valence electrons. The van der Waals surface area contributed by atoms with E-state index < -0.39 is 0 Å². The topological polar surface area (TPSA) is 51.0 Å². The van der Waals surface area contributed by atoms with Crippen molar-refractivity contribution in [2.45, 2.75) is 25.7 Å². The molecule has 1 fully saturated rings. The highest BCUT2D eigenvalue weighted by Gasteiger charge is 2.25. The van der Waals surface area contributed by atoms with Crippen molar-refractivity contribution in [2.75, 3.05) is 13.1 Å². The van der Waals surface area contributed by atoms with Crippen LogP contribution >= 0.6 is 0 Å². The molecule has 5 nitrogen and oxygen atoms in total. The molecule has 4 rings (SSSR count). The third-order valence-electron chi connectivity index (χ3n) is 5.19. The molecule has 0 saturated carbocycles. The van der Waals surface area contributed by atoms with Crippen molar-refractivity contribution in [3.63, 3.8) is 0 Å². The van der Waals surface area contributed by atoms with Crippen LogP contribution in [0.5, 0.6) is 0 Å². The Morgan fingerprint density at radius 1 is 1.08 bits per heavy atom. The molecule has 0 unspecified atom stereocenters. The first-order chi connectivity index (χ1) is 12.7. The van der Waals surface area contributed by atoms with Crippen LogP contribution < -0.4 is 0 Å². The number of hydrogen-bond donors (Lipinski definition) is 0. The third-order valence-corrected chi connectivity index (χ3v) is 5.19. The lowest BCUT2D eigenvalue weighted by molar-refractivity contribution is 0.0713. The van der Waals surface area contributed by atoms with Gasteiger partial charge in [0.15, 0.2) is 0 Å². The molecule has 26 heavy (non-hydrogen) atoms. The number of nitrogens with zero attached hydrogens (tertiary/aromatic N) is 4. The molecule has 1 saturated heterocycles. The maximum atomic E-state index is 12.9. The average molecular weight is 346 g/mol. The van der Waals surface area contributed by atoms with E-state index in [0.29, 0.717) is 11.5 Å². The van der Waals surface area contributed by atoms with Crippen LogP contribution in [0.2, 0.25) is 0 Å². The van der Waals surface area contributed by atoms with Crippen molar-refractivity contribution in [3.05, 3.63) is 77.9 Å². The third kappa shape index (κ3) is 3.25. The summed E-state index contributed by atoms with van der Waals surface area (Å²) >= 11 is 0. The fourth-order valence-electron chi connectivity index (χ4n) is 3.74. The molecule has 0 atom stereocenters. The van der Waals surface area contributed by atoms with Gasteiger partial charge >= 0.3 is 0 Å². The molecule has 3 aromatic rings. The zero-order valence-corrected chi connectivity index (χ0v) is 14.9. The summed E-state index contributed by atoms with van der Waals surface area (Å²) in [4.78, 5) is 18.8. The number of amides is 1. The highest BCUT2D eigenvalue weighted by molar-refractivity contribution is 5.94. The maximum Gasteiger partial charge on any atom is 0.253 e. The van der Waals surface area contributed by atoms with Gasteiger partial charge in [0, 0.05) is 18.7 Å². The van der Waals surface area contributed by atoms with E-state index in [9.17, 15) is 4.79 Å². The second-order valence-corrected chi connectivity index (χ2v) is 6.81. The van der Waals surface area contributed by atoms with Crippen LogP contribution in [0.25, 0.3) is 5.69 Å². The van der Waals surface area contributed by atoms with E-state index in [1.165, 1.54) is 17.5 Å². The predicted molar refractivity (Wildman–Crippen MR) is 100 cm³/mol. The average Bonchev–Trinajstić information content (AvgIpc) is 3.23. The highest BCUT2D eigenvalue weighted by atomic mass is 16.2. The Bertz CT molecular complexity index is 896. The number of aryl methyl sites for hydroxylation is 1. The summed E-state index contributed by atoms with van der Waals surface area (Å²) in [5.41, 5.74) is 4.32. The summed E-state index contributed by atoms with van der Waals surface area (Å²) in [5, 5.41) is 4.13. The Balaban J connectivity index is 1.46. The minimum Gasteiger partial charge on any atom is -0.339 e. The Labute approximate surface area is 153 Å². The molecule has 0 radical (unpaired) electrons. The molecule has 1 aromatic heterocycles. The molecule has 2 heterocycles. The fraction of sp³-hybridized carbons (Fsp3) is 0.286. The van der Waals surface area contributed by atoms with Crippen molar-refractivity contribution in [1.29, 1.82) is 0 Å². The van der Waals surface area contributed by atoms with Crippen LogP contribution in [-0.2, 0) is 0 Å². The van der Waals surface area contributed by atoms with E-state index in [1.807, 2.05) is 29.2 Å². The van der Waals surface area contributed by atoms with Crippen LogP contribution in [0.4, 0.5) is 0 Å². The molecule has 0 aliphatic carbocycles. The van der Waals surface area contributed by atoms with Gasteiger partial charge in [-0.05, 0) is 55.0 Å². The lowest BCUT2D eigenvalue weighted by atomic mass is 9.87. The highest BCUT2D eigenvalue weighted by Crippen LogP contribution is 2.30. The Morgan fingerprint density at radius 2 is 1.88 bits per heavy atom. The first-order valence-electron chi connectivity index (χ1n) is 9.02. The number of likely N-dealkylation sites (tertiary alicyclic amines) is 1. The van der Waals surface area contributed by atoms with Gasteiger partial charge in [0.25, 0.3) is 5.91 Å². The number of piperidine rings is 1. The quantitative estimate of drug-likeness (QED) is 0.728. The molecule has 2 aromatic carbocycles. The summed E-state index contributed by atoms with van der Waals surface area (Å²) in [6.07, 6.45) is 5.15. The van der Waals surface area contributed by atoms with Crippen molar-refractivity contribution < 1.29 is 4.79 Å². The molecule has 0 N–H and O–H groups in total. The minimum atomic E-state index is 0.0928. The van der Waals surface area contributed by atoms with E-state index in [2.05, 4.69) is 41.3 Å². The number of rotatable bonds is 3. The fourth-order valence-corrected chi connectivity index (χ4v) is 3.74. The van der Waals surface area contributed by atoms with Gasteiger partial charge in [-0.15, -0.1) is 0 Å². The zero-order chi connectivity index (χ0) is 17.9. The number of aromatic nitrogens is 3. The van der Waals surface area contributed by atoms with Crippen LogP contribution in [0.3, 0.4) is 0 Å². The van der Waals surface area contributed by atoms with E-state index >= 15 is 0 Å². The Morgan fingerprint density at radius 3 is 2.62 bits per heavy atom. The maximum absolute atomic E-state index is 12.9. The number of carbonyl (C=O) groups is 1. The molecule has 1 amide bonds. The first-order valence-corrected chi connectivity index (χ1v) is 9.02. The van der Waals surface area contributed by atoms with E-state index in [4.69, 9.17) is 0 Å². The molecular weight excluding hydrogens is 324 g/mol. The van der Waals surface area contributed by atoms with Gasteiger partial charge < -0.3 is 4.90 Å². The smallest absolute Gasteiger partial charge is 0.253 e. The summed E-state index contributed by atoms with van der Waals surface area (Å²) < 4.78 is 1.67. The Kier molecular flexibility index (Phi) is 4.52. The SMILES string of the molecule is Cc1ccccc1C1CCN(C(=O)c2cccc(-n3cncn3)c2)CC1. The molecular formula is C21H22N4O. The van der Waals surface area contributed by atoms with Gasteiger partial charge in [-0.1, -0.05) is 30.3 Å². The lowest BCUT2D eigenvalue weighted by Crippen LogP contribution is -2.38. The van der Waals surface area contributed by atoms with E-state index in [1.54, 1.807) is 11.0 Å². The van der Waals surface area contributed by atoms with Crippen LogP contribution in [0.1, 0.15) is 40.2 Å². The summed E-state index contributed by atoms with van der Waals surface area (Å²) in [7, 11) is 0. The van der Waals surface area contributed by atoms with E-state index in [-0.39, 0.29) is 5.91 Å². The molecule has 0 spiro atoms. The standard InChI is InChI=1S/C21H22N4O/c1-16-5-2-3-8-20(16)17-9-11-24(12-10-17)21(26)18-6-4-7-19(13-18)25-15-22-14-23-25/h2-8,13-15,17H,9-12H2,1H3. The normalized spacial score (nSPS) is 15.2. The first kappa shape index (κ1) is 16.5. The van der Waals surface area contributed by atoms with Crippen molar-refractivity contribution >= 4 is 5.91 Å². The lowest BCUT2D eigenvalue weighted by Gasteiger charge is -2.33. The van der Waals surface area contributed by atoms with Gasteiger partial charge in [-0.25, -0.2) is 9.67 Å². The van der Waals surface area contributed by atoms with Crippen LogP contribution in [-0.4, -0.2) is 38.7 Å². The number of hydrogen-bond acceptors (Lipinski definition) is 3. The van der Waals surface area contributed by atoms with Gasteiger partial charge in [0.2, 0.25) is 0 Å². The largest absolute Gasteiger partial charge is 0.339 e. The van der Waals surface area contributed by atoms with Gasteiger partial charge in [-0.2, -0.15) is 5.10 Å². The zero-order valence-electron chi connectivity index (χ0n) is 14.9.